The highest BCUT2D eigenvalue weighted by molar-refractivity contribution is 6.19. The van der Waals surface area contributed by atoms with E-state index in [0.29, 0.717) is 6.42 Å². The Hall–Kier alpha value is -2.33. The van der Waals surface area contributed by atoms with E-state index in [1.165, 1.54) is 0 Å². The Morgan fingerprint density at radius 1 is 1.00 bits per heavy atom. The number of rotatable bonds is 8. The van der Waals surface area contributed by atoms with Crippen LogP contribution in [0.5, 0.6) is 0 Å². The maximum Gasteiger partial charge on any atom is 0.329 e. The van der Waals surface area contributed by atoms with Crippen LogP contribution in [0.3, 0.4) is 0 Å². The SMILES string of the molecule is CC(C)(CCl)C(=O)NC(Cc1ccccc1)C(=O)OCc1ccccc1. The van der Waals surface area contributed by atoms with Crippen molar-refractivity contribution < 1.29 is 14.3 Å². The zero-order valence-corrected chi connectivity index (χ0v) is 15.8. The summed E-state index contributed by atoms with van der Waals surface area (Å²) >= 11 is 5.88. The van der Waals surface area contributed by atoms with Crippen LogP contribution in [0.2, 0.25) is 0 Å². The lowest BCUT2D eigenvalue weighted by molar-refractivity contribution is -0.150. The van der Waals surface area contributed by atoms with Crippen LogP contribution in [-0.4, -0.2) is 23.8 Å². The van der Waals surface area contributed by atoms with Gasteiger partial charge in [-0.15, -0.1) is 11.6 Å². The van der Waals surface area contributed by atoms with Gasteiger partial charge in [-0.05, 0) is 25.0 Å². The normalized spacial score (nSPS) is 12.3. The number of nitrogens with one attached hydrogen (secondary N) is 1. The van der Waals surface area contributed by atoms with Gasteiger partial charge in [0.25, 0.3) is 0 Å². The highest BCUT2D eigenvalue weighted by Crippen LogP contribution is 2.18. The number of ether oxygens (including phenoxy) is 1. The maximum atomic E-state index is 12.6. The van der Waals surface area contributed by atoms with E-state index in [9.17, 15) is 9.59 Å². The van der Waals surface area contributed by atoms with Crippen molar-refractivity contribution in [3.8, 4) is 0 Å². The quantitative estimate of drug-likeness (QED) is 0.566. The average molecular weight is 374 g/mol. The van der Waals surface area contributed by atoms with Crippen LogP contribution < -0.4 is 5.32 Å². The predicted molar refractivity (Wildman–Crippen MR) is 103 cm³/mol. The summed E-state index contributed by atoms with van der Waals surface area (Å²) < 4.78 is 5.42. The molecule has 0 aliphatic heterocycles. The van der Waals surface area contributed by atoms with E-state index in [4.69, 9.17) is 16.3 Å². The summed E-state index contributed by atoms with van der Waals surface area (Å²) in [6.45, 7) is 3.65. The van der Waals surface area contributed by atoms with Crippen molar-refractivity contribution in [2.45, 2.75) is 32.9 Å². The van der Waals surface area contributed by atoms with Gasteiger partial charge in [0, 0.05) is 12.3 Å². The monoisotopic (exact) mass is 373 g/mol. The Balaban J connectivity index is 2.08. The van der Waals surface area contributed by atoms with Gasteiger partial charge in [0.05, 0.1) is 5.41 Å². The van der Waals surface area contributed by atoms with Crippen molar-refractivity contribution in [3.63, 3.8) is 0 Å². The number of carbonyl (C=O) groups excluding carboxylic acids is 2. The van der Waals surface area contributed by atoms with Gasteiger partial charge in [-0.2, -0.15) is 0 Å². The first kappa shape index (κ1) is 20.0. The van der Waals surface area contributed by atoms with Gasteiger partial charge in [-0.25, -0.2) is 4.79 Å². The summed E-state index contributed by atoms with van der Waals surface area (Å²) in [5.41, 5.74) is 1.07. The molecule has 4 nitrogen and oxygen atoms in total. The molecule has 1 amide bonds. The first-order valence-electron chi connectivity index (χ1n) is 8.54. The van der Waals surface area contributed by atoms with Crippen molar-refractivity contribution in [1.82, 2.24) is 5.32 Å². The molecular formula is C21H24ClNO3. The highest BCUT2D eigenvalue weighted by atomic mass is 35.5. The molecule has 26 heavy (non-hydrogen) atoms. The molecule has 0 saturated carbocycles. The average Bonchev–Trinajstić information content (AvgIpc) is 2.67. The van der Waals surface area contributed by atoms with Gasteiger partial charge >= 0.3 is 5.97 Å². The molecule has 0 radical (unpaired) electrons. The van der Waals surface area contributed by atoms with Gasteiger partial charge in [0.2, 0.25) is 5.91 Å². The Labute approximate surface area is 159 Å². The molecule has 0 aliphatic carbocycles. The summed E-state index contributed by atoms with van der Waals surface area (Å²) in [4.78, 5) is 25.1. The van der Waals surface area contributed by atoms with E-state index in [2.05, 4.69) is 5.32 Å². The van der Waals surface area contributed by atoms with Crippen LogP contribution in [0.4, 0.5) is 0 Å². The van der Waals surface area contributed by atoms with E-state index >= 15 is 0 Å². The molecule has 0 fully saturated rings. The minimum Gasteiger partial charge on any atom is -0.459 e. The summed E-state index contributed by atoms with van der Waals surface area (Å²) in [6, 6.07) is 18.2. The van der Waals surface area contributed by atoms with Crippen molar-refractivity contribution in [1.29, 1.82) is 0 Å². The molecule has 0 spiro atoms. The molecule has 0 aliphatic rings. The van der Waals surface area contributed by atoms with E-state index in [-0.39, 0.29) is 18.4 Å². The first-order chi connectivity index (χ1) is 12.4. The minimum absolute atomic E-state index is 0.163. The molecule has 2 rings (SSSR count). The second-order valence-electron chi connectivity index (χ2n) is 6.83. The topological polar surface area (TPSA) is 55.4 Å². The third-order valence-electron chi connectivity index (χ3n) is 4.05. The lowest BCUT2D eigenvalue weighted by Gasteiger charge is -2.25. The summed E-state index contributed by atoms with van der Waals surface area (Å²) in [5, 5.41) is 2.79. The maximum absolute atomic E-state index is 12.6. The number of alkyl halides is 1. The van der Waals surface area contributed by atoms with Crippen molar-refractivity contribution in [3.05, 3.63) is 71.8 Å². The fourth-order valence-electron chi connectivity index (χ4n) is 2.29. The number of benzene rings is 2. The van der Waals surface area contributed by atoms with E-state index in [1.54, 1.807) is 13.8 Å². The third kappa shape index (κ3) is 5.88. The number of amides is 1. The second kappa shape index (κ2) is 9.39. The predicted octanol–water partition coefficient (Wildman–Crippen LogP) is 3.72. The van der Waals surface area contributed by atoms with Crippen LogP contribution >= 0.6 is 11.6 Å². The fourth-order valence-corrected chi connectivity index (χ4v) is 2.41. The lowest BCUT2D eigenvalue weighted by atomic mass is 9.94. The zero-order chi connectivity index (χ0) is 19.0. The molecule has 0 bridgehead atoms. The Kier molecular flexibility index (Phi) is 7.22. The summed E-state index contributed by atoms with van der Waals surface area (Å²) in [6.07, 6.45) is 0.360. The van der Waals surface area contributed by atoms with Crippen LogP contribution in [0, 0.1) is 5.41 Å². The molecule has 0 saturated heterocycles. The molecule has 5 heteroatoms. The number of esters is 1. The third-order valence-corrected chi connectivity index (χ3v) is 4.71. The van der Waals surface area contributed by atoms with Crippen molar-refractivity contribution in [2.75, 3.05) is 5.88 Å². The van der Waals surface area contributed by atoms with Gasteiger partial charge < -0.3 is 10.1 Å². The molecule has 1 atom stereocenters. The molecule has 0 aromatic heterocycles. The molecular weight excluding hydrogens is 350 g/mol. The molecule has 2 aromatic carbocycles. The molecule has 1 unspecified atom stereocenters. The van der Waals surface area contributed by atoms with Gasteiger partial charge in [0.15, 0.2) is 0 Å². The number of hydrogen-bond donors (Lipinski definition) is 1. The standard InChI is InChI=1S/C21H24ClNO3/c1-21(2,15-22)20(25)23-18(13-16-9-5-3-6-10-16)19(24)26-14-17-11-7-4-8-12-17/h3-12,18H,13-15H2,1-2H3,(H,23,25). The van der Waals surface area contributed by atoms with Crippen LogP contribution in [-0.2, 0) is 27.4 Å². The van der Waals surface area contributed by atoms with Gasteiger partial charge in [-0.3, -0.25) is 4.79 Å². The molecule has 0 heterocycles. The largest absolute Gasteiger partial charge is 0.459 e. The van der Waals surface area contributed by atoms with Crippen molar-refractivity contribution in [2.24, 2.45) is 5.41 Å². The number of carbonyl (C=O) groups is 2. The lowest BCUT2D eigenvalue weighted by Crippen LogP contribution is -2.48. The Bertz CT molecular complexity index is 717. The Morgan fingerprint density at radius 3 is 2.08 bits per heavy atom. The van der Waals surface area contributed by atoms with Crippen molar-refractivity contribution >= 4 is 23.5 Å². The summed E-state index contributed by atoms with van der Waals surface area (Å²) in [5.74, 6) is -0.572. The van der Waals surface area contributed by atoms with E-state index < -0.39 is 17.4 Å². The number of halogens is 1. The highest BCUT2D eigenvalue weighted by Gasteiger charge is 2.31. The number of hydrogen-bond acceptors (Lipinski definition) is 3. The van der Waals surface area contributed by atoms with Crippen LogP contribution in [0.25, 0.3) is 0 Å². The smallest absolute Gasteiger partial charge is 0.329 e. The van der Waals surface area contributed by atoms with Gasteiger partial charge in [-0.1, -0.05) is 60.7 Å². The zero-order valence-electron chi connectivity index (χ0n) is 15.1. The molecule has 1 N–H and O–H groups in total. The van der Waals surface area contributed by atoms with Gasteiger partial charge in [0.1, 0.15) is 12.6 Å². The molecule has 2 aromatic rings. The fraction of sp³-hybridized carbons (Fsp3) is 0.333. The van der Waals surface area contributed by atoms with E-state index in [0.717, 1.165) is 11.1 Å². The second-order valence-corrected chi connectivity index (χ2v) is 7.09. The Morgan fingerprint density at radius 2 is 1.54 bits per heavy atom. The van der Waals surface area contributed by atoms with E-state index in [1.807, 2.05) is 60.7 Å². The summed E-state index contributed by atoms with van der Waals surface area (Å²) in [7, 11) is 0. The van der Waals surface area contributed by atoms with Crippen LogP contribution in [0.15, 0.2) is 60.7 Å². The minimum atomic E-state index is -0.768. The molecule has 138 valence electrons. The van der Waals surface area contributed by atoms with Crippen LogP contribution in [0.1, 0.15) is 25.0 Å². The first-order valence-corrected chi connectivity index (χ1v) is 9.07.